The average Bonchev–Trinajstić information content (AvgIpc) is 2.58. The van der Waals surface area contributed by atoms with E-state index in [9.17, 15) is 5.11 Å². The van der Waals surface area contributed by atoms with E-state index >= 15 is 0 Å². The Labute approximate surface area is 91.6 Å². The minimum Gasteiger partial charge on any atom is -0.389 e. The zero-order chi connectivity index (χ0) is 10.7. The van der Waals surface area contributed by atoms with E-state index in [1.807, 2.05) is 0 Å². The summed E-state index contributed by atoms with van der Waals surface area (Å²) in [6, 6.07) is 0.723. The Morgan fingerprint density at radius 1 is 1.47 bits per heavy atom. The summed E-state index contributed by atoms with van der Waals surface area (Å²) >= 11 is 0. The summed E-state index contributed by atoms with van der Waals surface area (Å²) in [6.07, 6.45) is 5.01. The third kappa shape index (κ3) is 3.14. The normalized spacial score (nSPS) is 42.0. The molecule has 0 bridgehead atoms. The van der Waals surface area contributed by atoms with Gasteiger partial charge in [-0.3, -0.25) is 0 Å². The van der Waals surface area contributed by atoms with Gasteiger partial charge in [0.15, 0.2) is 0 Å². The molecule has 5 N–H and O–H groups in total. The van der Waals surface area contributed by atoms with Crippen LogP contribution in [0.1, 0.15) is 32.1 Å². The van der Waals surface area contributed by atoms with Crippen LogP contribution < -0.4 is 16.4 Å². The van der Waals surface area contributed by atoms with Gasteiger partial charge < -0.3 is 21.5 Å². The first-order valence-corrected chi connectivity index (χ1v) is 6.10. The van der Waals surface area contributed by atoms with Crippen LogP contribution in [0.15, 0.2) is 0 Å². The molecule has 1 heterocycles. The van der Waals surface area contributed by atoms with E-state index in [4.69, 9.17) is 5.73 Å². The van der Waals surface area contributed by atoms with Gasteiger partial charge in [-0.05, 0) is 38.6 Å². The minimum atomic E-state index is -0.545. The number of aliphatic hydroxyl groups is 1. The van der Waals surface area contributed by atoms with Crippen molar-refractivity contribution in [3.63, 3.8) is 0 Å². The highest BCUT2D eigenvalue weighted by Gasteiger charge is 2.35. The van der Waals surface area contributed by atoms with Crippen molar-refractivity contribution < 1.29 is 5.11 Å². The summed E-state index contributed by atoms with van der Waals surface area (Å²) in [5, 5.41) is 17.0. The van der Waals surface area contributed by atoms with Crippen molar-refractivity contribution in [1.82, 2.24) is 10.6 Å². The fourth-order valence-corrected chi connectivity index (χ4v) is 2.67. The highest BCUT2D eigenvalue weighted by Crippen LogP contribution is 2.28. The van der Waals surface area contributed by atoms with E-state index in [0.29, 0.717) is 12.6 Å². The third-order valence-corrected chi connectivity index (χ3v) is 3.64. The van der Waals surface area contributed by atoms with Crippen LogP contribution in [0.4, 0.5) is 0 Å². The van der Waals surface area contributed by atoms with E-state index < -0.39 is 5.60 Å². The van der Waals surface area contributed by atoms with Crippen molar-refractivity contribution in [3.8, 4) is 0 Å². The topological polar surface area (TPSA) is 70.3 Å². The van der Waals surface area contributed by atoms with Crippen molar-refractivity contribution in [3.05, 3.63) is 0 Å². The molecular formula is C11H23N3O. The molecule has 0 aromatic rings. The maximum absolute atomic E-state index is 10.2. The second-order valence-electron chi connectivity index (χ2n) is 5.15. The lowest BCUT2D eigenvalue weighted by Gasteiger charge is -2.29. The first-order chi connectivity index (χ1) is 7.18. The second kappa shape index (κ2) is 4.78. The Kier molecular flexibility index (Phi) is 3.61. The second-order valence-corrected chi connectivity index (χ2v) is 5.15. The molecule has 4 heteroatoms. The number of hydrogen-bond donors (Lipinski definition) is 4. The Balaban J connectivity index is 1.72. The Bertz CT molecular complexity index is 206. The predicted octanol–water partition coefficient (Wildman–Crippen LogP) is -0.430. The molecule has 0 radical (unpaired) electrons. The quantitative estimate of drug-likeness (QED) is 0.513. The highest BCUT2D eigenvalue weighted by atomic mass is 16.3. The van der Waals surface area contributed by atoms with Crippen molar-refractivity contribution in [2.45, 2.75) is 49.8 Å². The summed E-state index contributed by atoms with van der Waals surface area (Å²) in [5.74, 6) is 0. The Morgan fingerprint density at radius 3 is 2.93 bits per heavy atom. The van der Waals surface area contributed by atoms with E-state index in [0.717, 1.165) is 32.4 Å². The molecule has 2 aliphatic rings. The standard InChI is InChI=1S/C11H23N3O/c12-9-3-4-11(15,6-9)8-14-10-2-1-5-13-7-10/h9-10,13-15H,1-8,12H2. The van der Waals surface area contributed by atoms with Gasteiger partial charge in [0.2, 0.25) is 0 Å². The monoisotopic (exact) mass is 213 g/mol. The van der Waals surface area contributed by atoms with Crippen LogP contribution in [0.3, 0.4) is 0 Å². The largest absolute Gasteiger partial charge is 0.389 e. The fraction of sp³-hybridized carbons (Fsp3) is 1.00. The summed E-state index contributed by atoms with van der Waals surface area (Å²) < 4.78 is 0. The van der Waals surface area contributed by atoms with E-state index in [-0.39, 0.29) is 6.04 Å². The molecule has 0 amide bonds. The van der Waals surface area contributed by atoms with Gasteiger partial charge in [-0.25, -0.2) is 0 Å². The smallest absolute Gasteiger partial charge is 0.0787 e. The van der Waals surface area contributed by atoms with E-state index in [2.05, 4.69) is 10.6 Å². The zero-order valence-corrected chi connectivity index (χ0v) is 9.34. The van der Waals surface area contributed by atoms with Crippen LogP contribution in [-0.4, -0.2) is 42.4 Å². The lowest BCUT2D eigenvalue weighted by Crippen LogP contribution is -2.49. The van der Waals surface area contributed by atoms with Gasteiger partial charge in [0.25, 0.3) is 0 Å². The van der Waals surface area contributed by atoms with Gasteiger partial charge in [0, 0.05) is 25.2 Å². The molecule has 0 spiro atoms. The lowest BCUT2D eigenvalue weighted by atomic mass is 10.0. The van der Waals surface area contributed by atoms with Crippen molar-refractivity contribution >= 4 is 0 Å². The van der Waals surface area contributed by atoms with Crippen molar-refractivity contribution in [2.75, 3.05) is 19.6 Å². The summed E-state index contributed by atoms with van der Waals surface area (Å²) in [7, 11) is 0. The third-order valence-electron chi connectivity index (χ3n) is 3.64. The Morgan fingerprint density at radius 2 is 2.33 bits per heavy atom. The lowest BCUT2D eigenvalue weighted by molar-refractivity contribution is 0.0427. The Hall–Kier alpha value is -0.160. The first kappa shape index (κ1) is 11.3. The van der Waals surface area contributed by atoms with Crippen LogP contribution in [0, 0.1) is 0 Å². The fourth-order valence-electron chi connectivity index (χ4n) is 2.67. The van der Waals surface area contributed by atoms with Crippen LogP contribution >= 0.6 is 0 Å². The van der Waals surface area contributed by atoms with Gasteiger partial charge in [-0.2, -0.15) is 0 Å². The molecule has 1 saturated carbocycles. The number of hydrogen-bond acceptors (Lipinski definition) is 4. The molecule has 2 fully saturated rings. The molecule has 88 valence electrons. The number of nitrogens with one attached hydrogen (secondary N) is 2. The molecule has 0 aromatic carbocycles. The number of rotatable bonds is 3. The summed E-state index contributed by atoms with van der Waals surface area (Å²) in [4.78, 5) is 0. The molecule has 3 atom stereocenters. The molecule has 1 aliphatic carbocycles. The number of nitrogens with two attached hydrogens (primary N) is 1. The summed E-state index contributed by atoms with van der Waals surface area (Å²) in [6.45, 7) is 2.86. The molecular weight excluding hydrogens is 190 g/mol. The molecule has 4 nitrogen and oxygen atoms in total. The van der Waals surface area contributed by atoms with Crippen molar-refractivity contribution in [1.29, 1.82) is 0 Å². The highest BCUT2D eigenvalue weighted by molar-refractivity contribution is 4.93. The predicted molar refractivity (Wildman–Crippen MR) is 60.7 cm³/mol. The molecule has 2 rings (SSSR count). The van der Waals surface area contributed by atoms with Crippen LogP contribution in [0.2, 0.25) is 0 Å². The van der Waals surface area contributed by atoms with Crippen LogP contribution in [0.5, 0.6) is 0 Å². The SMILES string of the molecule is NC1CCC(O)(CNC2CCCNC2)C1. The van der Waals surface area contributed by atoms with Gasteiger partial charge >= 0.3 is 0 Å². The van der Waals surface area contributed by atoms with Gasteiger partial charge in [-0.1, -0.05) is 0 Å². The molecule has 1 saturated heterocycles. The van der Waals surface area contributed by atoms with Gasteiger partial charge in [0.1, 0.15) is 0 Å². The maximum atomic E-state index is 10.2. The molecule has 15 heavy (non-hydrogen) atoms. The van der Waals surface area contributed by atoms with Gasteiger partial charge in [0.05, 0.1) is 5.60 Å². The zero-order valence-electron chi connectivity index (χ0n) is 9.34. The van der Waals surface area contributed by atoms with Crippen LogP contribution in [0.25, 0.3) is 0 Å². The molecule has 0 aromatic heterocycles. The van der Waals surface area contributed by atoms with Gasteiger partial charge in [-0.15, -0.1) is 0 Å². The van der Waals surface area contributed by atoms with E-state index in [1.54, 1.807) is 0 Å². The first-order valence-electron chi connectivity index (χ1n) is 6.10. The average molecular weight is 213 g/mol. The maximum Gasteiger partial charge on any atom is 0.0787 e. The van der Waals surface area contributed by atoms with E-state index in [1.165, 1.54) is 12.8 Å². The summed E-state index contributed by atoms with van der Waals surface area (Å²) in [5.41, 5.74) is 5.27. The minimum absolute atomic E-state index is 0.196. The van der Waals surface area contributed by atoms with Crippen molar-refractivity contribution in [2.24, 2.45) is 5.73 Å². The number of piperidine rings is 1. The molecule has 1 aliphatic heterocycles. The van der Waals surface area contributed by atoms with Crippen LogP contribution in [-0.2, 0) is 0 Å². The molecule has 3 unspecified atom stereocenters.